The van der Waals surface area contributed by atoms with E-state index >= 15 is 0 Å². The van der Waals surface area contributed by atoms with E-state index in [-0.39, 0.29) is 5.30 Å². The van der Waals surface area contributed by atoms with Gasteiger partial charge >= 0.3 is 5.30 Å². The van der Waals surface area contributed by atoms with Crippen molar-refractivity contribution in [3.8, 4) is 0 Å². The minimum Gasteiger partial charge on any atom is -0.453 e. The van der Waals surface area contributed by atoms with Crippen LogP contribution in [0.2, 0.25) is 0 Å². The van der Waals surface area contributed by atoms with Gasteiger partial charge in [-0.15, -0.1) is 0 Å². The van der Waals surface area contributed by atoms with Crippen LogP contribution in [0.5, 0.6) is 0 Å². The SMILES string of the molecule is CSC(=O)OCc1ccccc1. The van der Waals surface area contributed by atoms with Crippen LogP contribution >= 0.6 is 11.8 Å². The first-order valence-electron chi connectivity index (χ1n) is 3.57. The van der Waals surface area contributed by atoms with Crippen molar-refractivity contribution in [3.05, 3.63) is 35.9 Å². The van der Waals surface area contributed by atoms with Gasteiger partial charge in [0.25, 0.3) is 0 Å². The summed E-state index contributed by atoms with van der Waals surface area (Å²) in [6, 6.07) is 9.62. The van der Waals surface area contributed by atoms with Crippen LogP contribution in [0.25, 0.3) is 0 Å². The van der Waals surface area contributed by atoms with Crippen LogP contribution in [0.1, 0.15) is 5.56 Å². The lowest BCUT2D eigenvalue weighted by atomic mass is 10.2. The summed E-state index contributed by atoms with van der Waals surface area (Å²) in [6.45, 7) is 0.362. The Hall–Kier alpha value is -0.960. The molecular formula is C9H10O2S. The molecule has 0 aromatic heterocycles. The van der Waals surface area contributed by atoms with Crippen LogP contribution in [0, 0.1) is 0 Å². The molecule has 0 unspecified atom stereocenters. The van der Waals surface area contributed by atoms with E-state index < -0.39 is 0 Å². The fourth-order valence-electron chi connectivity index (χ4n) is 0.775. The quantitative estimate of drug-likeness (QED) is 0.658. The Morgan fingerprint density at radius 3 is 2.67 bits per heavy atom. The maximum atomic E-state index is 10.7. The average Bonchev–Trinajstić information content (AvgIpc) is 2.16. The molecule has 0 radical (unpaired) electrons. The molecule has 12 heavy (non-hydrogen) atoms. The molecule has 0 aliphatic carbocycles. The van der Waals surface area contributed by atoms with Crippen LogP contribution in [0.4, 0.5) is 4.79 Å². The second kappa shape index (κ2) is 4.83. The number of ether oxygens (including phenoxy) is 1. The van der Waals surface area contributed by atoms with Crippen molar-refractivity contribution in [1.29, 1.82) is 0 Å². The van der Waals surface area contributed by atoms with Gasteiger partial charge in [0.1, 0.15) is 6.61 Å². The maximum absolute atomic E-state index is 10.7. The molecule has 2 nitrogen and oxygen atoms in total. The molecular weight excluding hydrogens is 172 g/mol. The van der Waals surface area contributed by atoms with Gasteiger partial charge in [-0.2, -0.15) is 0 Å². The molecule has 0 atom stereocenters. The van der Waals surface area contributed by atoms with Gasteiger partial charge in [-0.25, -0.2) is 4.79 Å². The van der Waals surface area contributed by atoms with E-state index in [4.69, 9.17) is 4.74 Å². The van der Waals surface area contributed by atoms with Gasteiger partial charge in [-0.05, 0) is 23.6 Å². The summed E-state index contributed by atoms with van der Waals surface area (Å²) in [7, 11) is 0. The zero-order chi connectivity index (χ0) is 8.81. The first kappa shape index (κ1) is 9.13. The third-order valence-corrected chi connectivity index (χ3v) is 1.82. The highest BCUT2D eigenvalue weighted by Gasteiger charge is 1.98. The number of hydrogen-bond donors (Lipinski definition) is 0. The van der Waals surface area contributed by atoms with Crippen molar-refractivity contribution < 1.29 is 9.53 Å². The largest absolute Gasteiger partial charge is 0.453 e. The highest BCUT2D eigenvalue weighted by molar-refractivity contribution is 8.12. The summed E-state index contributed by atoms with van der Waals surface area (Å²) >= 11 is 1.08. The molecule has 0 spiro atoms. The van der Waals surface area contributed by atoms with Crippen LogP contribution in [-0.4, -0.2) is 11.6 Å². The van der Waals surface area contributed by atoms with Crippen molar-refractivity contribution >= 4 is 17.1 Å². The number of benzene rings is 1. The molecule has 1 rings (SSSR count). The number of carbonyl (C=O) groups is 1. The maximum Gasteiger partial charge on any atom is 0.367 e. The summed E-state index contributed by atoms with van der Waals surface area (Å²) in [5.41, 5.74) is 1.01. The monoisotopic (exact) mass is 182 g/mol. The van der Waals surface area contributed by atoms with Gasteiger partial charge in [-0.1, -0.05) is 30.3 Å². The molecule has 0 saturated heterocycles. The summed E-state index contributed by atoms with van der Waals surface area (Å²) in [4.78, 5) is 10.7. The van der Waals surface area contributed by atoms with Gasteiger partial charge in [0.2, 0.25) is 0 Å². The molecule has 64 valence electrons. The van der Waals surface area contributed by atoms with Crippen LogP contribution in [0.3, 0.4) is 0 Å². The van der Waals surface area contributed by atoms with Crippen molar-refractivity contribution in [2.75, 3.05) is 6.26 Å². The smallest absolute Gasteiger partial charge is 0.367 e. The Kier molecular flexibility index (Phi) is 3.67. The zero-order valence-electron chi connectivity index (χ0n) is 6.82. The Morgan fingerprint density at radius 2 is 2.08 bits per heavy atom. The standard InChI is InChI=1S/C9H10O2S/c1-12-9(10)11-7-8-5-3-2-4-6-8/h2-6H,7H2,1H3. The molecule has 3 heteroatoms. The molecule has 0 N–H and O–H groups in total. The molecule has 1 aromatic carbocycles. The van der Waals surface area contributed by atoms with Crippen molar-refractivity contribution in [3.63, 3.8) is 0 Å². The first-order chi connectivity index (χ1) is 5.83. The summed E-state index contributed by atoms with van der Waals surface area (Å²) in [5.74, 6) is 0. The Bertz CT molecular complexity index is 246. The molecule has 0 aliphatic rings. The summed E-state index contributed by atoms with van der Waals surface area (Å²) < 4.78 is 4.90. The van der Waals surface area contributed by atoms with Crippen molar-refractivity contribution in [2.45, 2.75) is 6.61 Å². The second-order valence-electron chi connectivity index (χ2n) is 2.23. The molecule has 0 aliphatic heterocycles. The van der Waals surface area contributed by atoms with Gasteiger partial charge < -0.3 is 4.74 Å². The van der Waals surface area contributed by atoms with E-state index in [1.807, 2.05) is 30.3 Å². The van der Waals surface area contributed by atoms with Crippen LogP contribution < -0.4 is 0 Å². The Balaban J connectivity index is 2.38. The van der Waals surface area contributed by atoms with Gasteiger partial charge in [0, 0.05) is 0 Å². The highest BCUT2D eigenvalue weighted by atomic mass is 32.2. The predicted octanol–water partition coefficient (Wildman–Crippen LogP) is 2.69. The normalized spacial score (nSPS) is 9.42. The topological polar surface area (TPSA) is 26.3 Å². The zero-order valence-corrected chi connectivity index (χ0v) is 7.64. The lowest BCUT2D eigenvalue weighted by Crippen LogP contribution is -1.96. The van der Waals surface area contributed by atoms with Crippen LogP contribution in [-0.2, 0) is 11.3 Å². The van der Waals surface area contributed by atoms with E-state index in [1.165, 1.54) is 0 Å². The molecule has 1 aromatic rings. The minimum atomic E-state index is -0.237. The number of rotatable bonds is 2. The second-order valence-corrected chi connectivity index (χ2v) is 2.97. The summed E-state index contributed by atoms with van der Waals surface area (Å²) in [5, 5.41) is -0.237. The predicted molar refractivity (Wildman–Crippen MR) is 50.1 cm³/mol. The van der Waals surface area contributed by atoms with Crippen molar-refractivity contribution in [1.82, 2.24) is 0 Å². The van der Waals surface area contributed by atoms with E-state index in [1.54, 1.807) is 6.26 Å². The lowest BCUT2D eigenvalue weighted by molar-refractivity contribution is 0.169. The lowest BCUT2D eigenvalue weighted by Gasteiger charge is -2.01. The number of carbonyl (C=O) groups excluding carboxylic acids is 1. The fourth-order valence-corrected chi connectivity index (χ4v) is 0.952. The molecule has 0 bridgehead atoms. The minimum absolute atomic E-state index is 0.237. The molecule has 0 amide bonds. The van der Waals surface area contributed by atoms with Gasteiger partial charge in [-0.3, -0.25) is 0 Å². The number of thioether (sulfide) groups is 1. The Morgan fingerprint density at radius 1 is 1.42 bits per heavy atom. The van der Waals surface area contributed by atoms with E-state index in [9.17, 15) is 4.79 Å². The third kappa shape index (κ3) is 2.96. The van der Waals surface area contributed by atoms with Gasteiger partial charge in [0.05, 0.1) is 0 Å². The molecule has 0 fully saturated rings. The van der Waals surface area contributed by atoms with E-state index in [2.05, 4.69) is 0 Å². The third-order valence-electron chi connectivity index (χ3n) is 1.37. The fraction of sp³-hybridized carbons (Fsp3) is 0.222. The van der Waals surface area contributed by atoms with Crippen LogP contribution in [0.15, 0.2) is 30.3 Å². The Labute approximate surface area is 75.9 Å². The average molecular weight is 182 g/mol. The molecule has 0 heterocycles. The van der Waals surface area contributed by atoms with Crippen molar-refractivity contribution in [2.24, 2.45) is 0 Å². The highest BCUT2D eigenvalue weighted by Crippen LogP contribution is 2.05. The molecule has 0 saturated carbocycles. The summed E-state index contributed by atoms with van der Waals surface area (Å²) in [6.07, 6.45) is 1.70. The number of hydrogen-bond acceptors (Lipinski definition) is 3. The van der Waals surface area contributed by atoms with E-state index in [0.717, 1.165) is 17.3 Å². The first-order valence-corrected chi connectivity index (χ1v) is 4.80. The van der Waals surface area contributed by atoms with E-state index in [0.29, 0.717) is 6.61 Å². The van der Waals surface area contributed by atoms with Gasteiger partial charge in [0.15, 0.2) is 0 Å².